The topological polar surface area (TPSA) is 339 Å². The first-order valence-electron chi connectivity index (χ1n) is 46.8. The first kappa shape index (κ1) is 107. The van der Waals surface area contributed by atoms with Crippen molar-refractivity contribution < 1.29 is 79.8 Å². The van der Waals surface area contributed by atoms with Crippen LogP contribution in [-0.2, 0) is 49.1 Å². The number of benzene rings is 9. The maximum atomic E-state index is 13.2. The maximum Gasteiger partial charge on any atom is 0.258 e. The Kier molecular flexibility index (Phi) is 41.6. The molecule has 1 aliphatic rings. The van der Waals surface area contributed by atoms with Gasteiger partial charge in [0.25, 0.3) is 35.4 Å². The molecule has 1 saturated heterocycles. The first-order chi connectivity index (χ1) is 70.8. The van der Waals surface area contributed by atoms with Gasteiger partial charge in [0.1, 0.15) is 97.4 Å². The van der Waals surface area contributed by atoms with Crippen LogP contribution in [0.3, 0.4) is 0 Å². The fourth-order valence-corrected chi connectivity index (χ4v) is 13.8. The molecule has 27 nitrogen and oxygen atoms in total. The fourth-order valence-electron chi connectivity index (χ4n) is 13.8. The molecule has 0 spiro atoms. The van der Waals surface area contributed by atoms with Gasteiger partial charge in [-0.25, -0.2) is 18.2 Å². The second kappa shape index (κ2) is 56.7. The van der Waals surface area contributed by atoms with Crippen LogP contribution in [0.5, 0.6) is 34.5 Å². The lowest BCUT2D eigenvalue weighted by Gasteiger charge is -2.38. The van der Waals surface area contributed by atoms with Gasteiger partial charge in [-0.2, -0.15) is 0 Å². The molecule has 6 N–H and O–H groups in total. The molecule has 7 aromatic heterocycles. The Balaban J connectivity index is 0.000000156. The second-order valence-electron chi connectivity index (χ2n) is 33.9. The SMILES string of the molecule is COCC(C)NC(=O)c1ccc(COc2cccc(F)c2)nc1.C[C@@H](NC(=O)c1ccc(COc2cccc(F)c2)nc1)C1CCOC(C)(C)C1.Cc1ccc(NC(=O)c2ccc(COc3ccccc3)nc2)cc1.Cc1ccc(NC(=O)c2ccc(COc3ccccc3)nc2)nc1.O=C(Nc1cccc(F)c1)c1ccc(COc2ccccc2)nc1.O=C(Nc1ccccc1)c1ccc(COc2ccccc2)nc1. The highest BCUT2D eigenvalue weighted by molar-refractivity contribution is 6.06. The lowest BCUT2D eigenvalue weighted by atomic mass is 9.84. The zero-order chi connectivity index (χ0) is 103. The summed E-state index contributed by atoms with van der Waals surface area (Å²) in [6.07, 6.45) is 12.7. The van der Waals surface area contributed by atoms with E-state index in [2.05, 4.69) is 80.6 Å². The summed E-state index contributed by atoms with van der Waals surface area (Å²) < 4.78 is 83.5. The van der Waals surface area contributed by atoms with E-state index >= 15 is 0 Å². The Bertz CT molecular complexity index is 6600. The molecule has 0 aliphatic carbocycles. The van der Waals surface area contributed by atoms with Gasteiger partial charge in [-0.05, 0) is 260 Å². The Labute approximate surface area is 845 Å². The lowest BCUT2D eigenvalue weighted by molar-refractivity contribution is -0.0768. The zero-order valence-electron chi connectivity index (χ0n) is 81.6. The van der Waals surface area contributed by atoms with Gasteiger partial charge in [-0.15, -0.1) is 0 Å². The van der Waals surface area contributed by atoms with Crippen molar-refractivity contribution in [1.29, 1.82) is 0 Å². The zero-order valence-corrected chi connectivity index (χ0v) is 81.6. The fraction of sp³-hybridized carbons (Fsp3) is 0.181. The number of halogens is 3. The number of hydrogen-bond acceptors (Lipinski definition) is 21. The van der Waals surface area contributed by atoms with Gasteiger partial charge in [0.05, 0.1) is 79.8 Å². The van der Waals surface area contributed by atoms with Crippen molar-refractivity contribution in [3.63, 3.8) is 0 Å². The molecule has 146 heavy (non-hydrogen) atoms. The van der Waals surface area contributed by atoms with E-state index in [-0.39, 0.29) is 78.0 Å². The van der Waals surface area contributed by atoms with Gasteiger partial charge in [0.15, 0.2) is 0 Å². The third-order valence-electron chi connectivity index (χ3n) is 21.6. The summed E-state index contributed by atoms with van der Waals surface area (Å²) in [5.74, 6) is 2.51. The molecule has 2 unspecified atom stereocenters. The monoisotopic (exact) mass is 1970 g/mol. The summed E-state index contributed by atoms with van der Waals surface area (Å²) in [5, 5.41) is 16.9. The number of nitrogens with zero attached hydrogens (tertiary/aromatic N) is 7. The highest BCUT2D eigenvalue weighted by Gasteiger charge is 2.33. The number of aryl methyl sites for hydroxylation is 2. The van der Waals surface area contributed by atoms with Gasteiger partial charge in [0.2, 0.25) is 0 Å². The van der Waals surface area contributed by atoms with E-state index in [4.69, 9.17) is 37.9 Å². The highest BCUT2D eigenvalue weighted by Crippen LogP contribution is 2.32. The van der Waals surface area contributed by atoms with Crippen LogP contribution in [-0.4, -0.2) is 108 Å². The Morgan fingerprint density at radius 1 is 0.329 bits per heavy atom. The van der Waals surface area contributed by atoms with Crippen molar-refractivity contribution in [1.82, 2.24) is 45.5 Å². The summed E-state index contributed by atoms with van der Waals surface area (Å²) in [4.78, 5) is 103. The Morgan fingerprint density at radius 3 is 0.973 bits per heavy atom. The second-order valence-corrected chi connectivity index (χ2v) is 33.9. The molecule has 0 bridgehead atoms. The van der Waals surface area contributed by atoms with Crippen LogP contribution >= 0.6 is 0 Å². The third-order valence-corrected chi connectivity index (χ3v) is 21.6. The lowest BCUT2D eigenvalue weighted by Crippen LogP contribution is -2.44. The molecule has 1 fully saturated rings. The summed E-state index contributed by atoms with van der Waals surface area (Å²) in [5.41, 5.74) is 11.1. The largest absolute Gasteiger partial charge is 0.487 e. The predicted octanol–water partition coefficient (Wildman–Crippen LogP) is 22.5. The van der Waals surface area contributed by atoms with Crippen LogP contribution in [0.1, 0.15) is 148 Å². The number of pyridine rings is 7. The molecule has 0 saturated carbocycles. The normalized spacial score (nSPS) is 12.2. The number of hydrogen-bond donors (Lipinski definition) is 6. The van der Waals surface area contributed by atoms with Crippen molar-refractivity contribution >= 4 is 58.3 Å². The molecule has 8 heterocycles. The highest BCUT2D eigenvalue weighted by atomic mass is 19.1. The van der Waals surface area contributed by atoms with E-state index in [0.717, 1.165) is 82.0 Å². The number of ether oxygens (including phenoxy) is 8. The van der Waals surface area contributed by atoms with Crippen LogP contribution in [0, 0.1) is 37.2 Å². The van der Waals surface area contributed by atoms with E-state index in [0.29, 0.717) is 112 Å². The van der Waals surface area contributed by atoms with Gasteiger partial charge in [-0.3, -0.25) is 58.7 Å². The quantitative estimate of drug-likeness (QED) is 0.0222. The smallest absolute Gasteiger partial charge is 0.258 e. The average Bonchev–Trinajstić information content (AvgIpc) is 0.829. The number of para-hydroxylation sites is 5. The summed E-state index contributed by atoms with van der Waals surface area (Å²) in [7, 11) is 1.58. The average molecular weight is 1970 g/mol. The molecule has 0 radical (unpaired) electrons. The number of aromatic nitrogens is 7. The number of rotatable bonds is 33. The molecule has 16 aromatic rings. The van der Waals surface area contributed by atoms with E-state index in [1.807, 2.05) is 210 Å². The van der Waals surface area contributed by atoms with E-state index < -0.39 is 5.82 Å². The number of carbonyl (C=O) groups is 6. The predicted molar refractivity (Wildman–Crippen MR) is 553 cm³/mol. The van der Waals surface area contributed by atoms with Crippen molar-refractivity contribution in [2.75, 3.05) is 41.6 Å². The maximum absolute atomic E-state index is 13.2. The van der Waals surface area contributed by atoms with E-state index in [1.165, 1.54) is 61.1 Å². The Morgan fingerprint density at radius 2 is 0.637 bits per heavy atom. The number of carbonyl (C=O) groups excluding carboxylic acids is 6. The number of amides is 6. The molecular weight excluding hydrogens is 1860 g/mol. The molecule has 9 aromatic carbocycles. The minimum atomic E-state index is -0.403. The molecule has 746 valence electrons. The van der Waals surface area contributed by atoms with Gasteiger partial charge in [0, 0.05) is 98.4 Å². The first-order valence-corrected chi connectivity index (χ1v) is 46.8. The molecule has 17 rings (SSSR count). The standard InChI is InChI=1S/C22H27FN2O3.C20H18N2O2.C19H15FN2O2.C19H17N3O2.C19H16N2O2.C17H19FN2O3/c1-15(16-9-10-28-22(2,3)12-16)25-21(26)17-7-8-19(24-13-17)14-27-20-6-4-5-18(23)11-20;1-15-7-10-17(11-8-15)22-20(23)16-9-12-18(21-13-16)14-24-19-5-3-2-4-6-19;20-15-5-4-6-16(11-15)22-19(23)14-9-10-17(21-12-14)13-24-18-7-2-1-3-8-18;1-14-7-10-18(21-11-14)22-19(23)15-8-9-16(20-12-15)13-24-17-5-3-2-4-6-17;22-19(21-16-7-3-1-4-8-16)15-11-12-17(20-13-15)14-23-18-9-5-2-6-10-18;1-12(10-22-2)20-17(21)13-6-7-15(19-9-13)11-23-16-5-3-4-14(18)8-16/h4-8,11,13,15-16H,9-10,12,14H2,1-3H3,(H,25,26);2-13H,14H2,1H3,(H,22,23);1-12H,13H2,(H,22,23);2-12H,13H2,1H3,(H,21,22,23);1-13H,14H2,(H,21,22);3-9,12H,10-11H2,1-2H3,(H,20,21)/t15-,16?;;;;;/m1...../s1. The van der Waals surface area contributed by atoms with Gasteiger partial charge < -0.3 is 69.8 Å². The van der Waals surface area contributed by atoms with Crippen LogP contribution in [0.2, 0.25) is 0 Å². The van der Waals surface area contributed by atoms with Crippen LogP contribution in [0.4, 0.5) is 36.1 Å². The minimum absolute atomic E-state index is 0.0617. The Hall–Kier alpha value is -17.6. The van der Waals surface area contributed by atoms with Crippen molar-refractivity contribution in [2.45, 2.75) is 112 Å². The van der Waals surface area contributed by atoms with Crippen molar-refractivity contribution in [2.24, 2.45) is 5.92 Å². The summed E-state index contributed by atoms with van der Waals surface area (Å²) in [6.45, 7) is 15.0. The minimum Gasteiger partial charge on any atom is -0.487 e. The molecule has 1 aliphatic heterocycles. The van der Waals surface area contributed by atoms with Crippen LogP contribution < -0.4 is 60.3 Å². The summed E-state index contributed by atoms with van der Waals surface area (Å²) >= 11 is 0. The molecule has 3 atom stereocenters. The van der Waals surface area contributed by atoms with Gasteiger partial charge in [-0.1, -0.05) is 133 Å². The molecular formula is C116H112F3N13O14. The van der Waals surface area contributed by atoms with E-state index in [9.17, 15) is 41.9 Å². The number of methoxy groups -OCH3 is 1. The number of anilines is 4. The molecule has 30 heteroatoms. The molecule has 6 amide bonds. The number of nitrogens with one attached hydrogen (secondary N) is 6. The van der Waals surface area contributed by atoms with E-state index in [1.54, 1.807) is 141 Å². The van der Waals surface area contributed by atoms with Crippen molar-refractivity contribution in [3.05, 3.63) is 473 Å². The summed E-state index contributed by atoms with van der Waals surface area (Å²) in [6, 6.07) is 97.1. The van der Waals surface area contributed by atoms with Crippen molar-refractivity contribution in [3.8, 4) is 34.5 Å². The van der Waals surface area contributed by atoms with Crippen LogP contribution in [0.15, 0.2) is 377 Å². The third kappa shape index (κ3) is 37.7. The van der Waals surface area contributed by atoms with Gasteiger partial charge >= 0.3 is 0 Å². The van der Waals surface area contributed by atoms with Crippen LogP contribution in [0.25, 0.3) is 0 Å².